The topological polar surface area (TPSA) is 88.9 Å². The molecule has 15 heteroatoms. The summed E-state index contributed by atoms with van der Waals surface area (Å²) in [6.07, 6.45) is -9.32. The predicted molar refractivity (Wildman–Crippen MR) is 158 cm³/mol. The van der Waals surface area contributed by atoms with E-state index in [-0.39, 0.29) is 39.3 Å². The third-order valence-electron chi connectivity index (χ3n) is 6.45. The van der Waals surface area contributed by atoms with Gasteiger partial charge in [0.2, 0.25) is 5.91 Å². The molecule has 7 nitrogen and oxygen atoms in total. The number of rotatable bonds is 8. The van der Waals surface area contributed by atoms with E-state index in [0.717, 1.165) is 41.6 Å². The Labute approximate surface area is 263 Å². The molecule has 0 aliphatic heterocycles. The molecule has 1 aromatic heterocycles. The predicted octanol–water partition coefficient (Wildman–Crippen LogP) is 7.92. The van der Waals surface area contributed by atoms with Gasteiger partial charge in [-0.25, -0.2) is 0 Å². The molecule has 0 spiro atoms. The molecule has 0 atom stereocenters. The first-order valence-electron chi connectivity index (χ1n) is 13.2. The third-order valence-corrected chi connectivity index (χ3v) is 7.71. The minimum atomic E-state index is -4.66. The number of aromatic nitrogens is 3. The van der Waals surface area contributed by atoms with Crippen molar-refractivity contribution in [3.05, 3.63) is 99.8 Å². The molecule has 4 aromatic rings. The van der Waals surface area contributed by atoms with Crippen LogP contribution in [0.3, 0.4) is 0 Å². The fraction of sp³-hybridized carbons (Fsp3) is 0.267. The average Bonchev–Trinajstić information content (AvgIpc) is 3.37. The average molecular weight is 670 g/mol. The highest BCUT2D eigenvalue weighted by Gasteiger charge is 2.32. The Kier molecular flexibility index (Phi) is 9.88. The molecule has 0 fully saturated rings. The highest BCUT2D eigenvalue weighted by Crippen LogP contribution is 2.35. The number of nitrogens with zero attached hydrogens (tertiary/aromatic N) is 3. The van der Waals surface area contributed by atoms with E-state index in [2.05, 4.69) is 20.8 Å². The first kappa shape index (κ1) is 33.8. The minimum Gasteiger partial charge on any atom is -0.345 e. The van der Waals surface area contributed by atoms with Crippen molar-refractivity contribution in [3.8, 4) is 5.69 Å². The summed E-state index contributed by atoms with van der Waals surface area (Å²) in [6.45, 7) is 5.86. The van der Waals surface area contributed by atoms with E-state index in [4.69, 9.17) is 11.6 Å². The standard InChI is InChI=1S/C30H26ClF6N5O2S/c1-28(2,3)18-9-7-17(8-10-18)26(44)38-15-24-40-41-27(42(24)21-6-4-5-19(13-21)29(32,33)34)45-16-25(43)39-23-14-20(30(35,36)37)11-12-22(23)31/h4-14H,15-16H2,1-3H3,(H,38,44)(H,39,43). The largest absolute Gasteiger partial charge is 0.416 e. The van der Waals surface area contributed by atoms with Gasteiger partial charge in [-0.05, 0) is 59.5 Å². The monoisotopic (exact) mass is 669 g/mol. The molecule has 3 aromatic carbocycles. The molecule has 2 amide bonds. The normalized spacial score (nSPS) is 12.2. The van der Waals surface area contributed by atoms with Crippen molar-refractivity contribution in [1.82, 2.24) is 20.1 Å². The zero-order valence-electron chi connectivity index (χ0n) is 24.0. The second-order valence-electron chi connectivity index (χ2n) is 10.8. The van der Waals surface area contributed by atoms with Crippen LogP contribution in [0, 0.1) is 0 Å². The quantitative estimate of drug-likeness (QED) is 0.147. The Morgan fingerprint density at radius 1 is 0.844 bits per heavy atom. The van der Waals surface area contributed by atoms with E-state index >= 15 is 0 Å². The third kappa shape index (κ3) is 8.57. The Hall–Kier alpha value is -4.04. The van der Waals surface area contributed by atoms with Crippen molar-refractivity contribution >= 4 is 40.9 Å². The summed E-state index contributed by atoms with van der Waals surface area (Å²) in [4.78, 5) is 25.5. The van der Waals surface area contributed by atoms with Gasteiger partial charge in [0, 0.05) is 5.56 Å². The minimum absolute atomic E-state index is 0.00149. The van der Waals surface area contributed by atoms with Crippen LogP contribution in [-0.2, 0) is 29.1 Å². The van der Waals surface area contributed by atoms with Crippen molar-refractivity contribution < 1.29 is 35.9 Å². The molecule has 4 rings (SSSR count). The Morgan fingerprint density at radius 3 is 2.09 bits per heavy atom. The highest BCUT2D eigenvalue weighted by atomic mass is 35.5. The number of thioether (sulfide) groups is 1. The highest BCUT2D eigenvalue weighted by molar-refractivity contribution is 7.99. The SMILES string of the molecule is CC(C)(C)c1ccc(C(=O)NCc2nnc(SCC(=O)Nc3cc(C(F)(F)F)ccc3Cl)n2-c2cccc(C(F)(F)F)c2)cc1. The van der Waals surface area contributed by atoms with Gasteiger partial charge >= 0.3 is 12.4 Å². The van der Waals surface area contributed by atoms with E-state index in [1.165, 1.54) is 16.7 Å². The maximum absolute atomic E-state index is 13.5. The van der Waals surface area contributed by atoms with Crippen molar-refractivity contribution in [2.75, 3.05) is 11.1 Å². The van der Waals surface area contributed by atoms with Crippen molar-refractivity contribution in [1.29, 1.82) is 0 Å². The van der Waals surface area contributed by atoms with Crippen molar-refractivity contribution in [3.63, 3.8) is 0 Å². The number of hydrogen-bond donors (Lipinski definition) is 2. The number of amides is 2. The number of alkyl halides is 6. The molecule has 0 saturated carbocycles. The summed E-state index contributed by atoms with van der Waals surface area (Å²) < 4.78 is 81.1. The molecule has 0 bridgehead atoms. The molecule has 0 aliphatic rings. The second kappa shape index (κ2) is 13.1. The number of nitrogens with one attached hydrogen (secondary N) is 2. The first-order valence-corrected chi connectivity index (χ1v) is 14.6. The number of hydrogen-bond acceptors (Lipinski definition) is 5. The van der Waals surface area contributed by atoms with Crippen LogP contribution in [0.2, 0.25) is 5.02 Å². The number of carbonyl (C=O) groups excluding carboxylic acids is 2. The Bertz CT molecular complexity index is 1700. The number of carbonyl (C=O) groups is 2. The zero-order chi connectivity index (χ0) is 33.2. The van der Waals surface area contributed by atoms with Gasteiger partial charge in [0.15, 0.2) is 11.0 Å². The molecule has 0 aliphatic carbocycles. The summed E-state index contributed by atoms with van der Waals surface area (Å²) in [5.41, 5.74) is -0.975. The molecule has 238 valence electrons. The first-order chi connectivity index (χ1) is 20.9. The summed E-state index contributed by atoms with van der Waals surface area (Å²) in [7, 11) is 0. The van der Waals surface area contributed by atoms with Crippen LogP contribution in [0.1, 0.15) is 53.6 Å². The lowest BCUT2D eigenvalue weighted by Crippen LogP contribution is -2.25. The van der Waals surface area contributed by atoms with E-state index in [1.54, 1.807) is 12.1 Å². The van der Waals surface area contributed by atoms with Crippen LogP contribution in [-0.4, -0.2) is 32.3 Å². The lowest BCUT2D eigenvalue weighted by molar-refractivity contribution is -0.138. The van der Waals surface area contributed by atoms with Gasteiger partial charge < -0.3 is 10.6 Å². The number of halogens is 7. The lowest BCUT2D eigenvalue weighted by Gasteiger charge is -2.19. The van der Waals surface area contributed by atoms with Gasteiger partial charge in [-0.15, -0.1) is 10.2 Å². The van der Waals surface area contributed by atoms with E-state index in [1.807, 2.05) is 32.9 Å². The van der Waals surface area contributed by atoms with E-state index in [9.17, 15) is 35.9 Å². The molecule has 0 radical (unpaired) electrons. The maximum Gasteiger partial charge on any atom is 0.416 e. The van der Waals surface area contributed by atoms with Gasteiger partial charge in [-0.2, -0.15) is 26.3 Å². The summed E-state index contributed by atoms with van der Waals surface area (Å²) in [6, 6.07) is 13.7. The Balaban J connectivity index is 1.56. The fourth-order valence-electron chi connectivity index (χ4n) is 4.09. The van der Waals surface area contributed by atoms with Crippen LogP contribution < -0.4 is 10.6 Å². The number of anilines is 1. The molecule has 0 saturated heterocycles. The van der Waals surface area contributed by atoms with Gasteiger partial charge in [0.1, 0.15) is 0 Å². The van der Waals surface area contributed by atoms with Gasteiger partial charge in [-0.3, -0.25) is 14.2 Å². The molecular weight excluding hydrogens is 644 g/mol. The van der Waals surface area contributed by atoms with Crippen LogP contribution in [0.4, 0.5) is 32.0 Å². The summed E-state index contributed by atoms with van der Waals surface area (Å²) >= 11 is 6.73. The van der Waals surface area contributed by atoms with E-state index < -0.39 is 41.0 Å². The number of benzene rings is 3. The maximum atomic E-state index is 13.5. The zero-order valence-corrected chi connectivity index (χ0v) is 25.5. The molecule has 2 N–H and O–H groups in total. The van der Waals surface area contributed by atoms with Gasteiger partial charge in [0.25, 0.3) is 5.91 Å². The lowest BCUT2D eigenvalue weighted by atomic mass is 9.87. The smallest absolute Gasteiger partial charge is 0.345 e. The summed E-state index contributed by atoms with van der Waals surface area (Å²) in [5.74, 6) is -1.55. The molecule has 1 heterocycles. The molecule has 0 unspecified atom stereocenters. The van der Waals surface area contributed by atoms with E-state index in [0.29, 0.717) is 11.6 Å². The van der Waals surface area contributed by atoms with Crippen LogP contribution in [0.25, 0.3) is 5.69 Å². The second-order valence-corrected chi connectivity index (χ2v) is 12.2. The fourth-order valence-corrected chi connectivity index (χ4v) is 5.02. The van der Waals surface area contributed by atoms with Crippen LogP contribution >= 0.6 is 23.4 Å². The van der Waals surface area contributed by atoms with Crippen LogP contribution in [0.5, 0.6) is 0 Å². The molecular formula is C30H26ClF6N5O2S. The van der Waals surface area contributed by atoms with Crippen LogP contribution in [0.15, 0.2) is 71.9 Å². The molecule has 45 heavy (non-hydrogen) atoms. The Morgan fingerprint density at radius 2 is 1.47 bits per heavy atom. The summed E-state index contributed by atoms with van der Waals surface area (Å²) in [5, 5.41) is 12.9. The van der Waals surface area contributed by atoms with Crippen molar-refractivity contribution in [2.45, 2.75) is 50.2 Å². The van der Waals surface area contributed by atoms with Gasteiger partial charge in [0.05, 0.1) is 39.8 Å². The van der Waals surface area contributed by atoms with Gasteiger partial charge in [-0.1, -0.05) is 62.3 Å². The van der Waals surface area contributed by atoms with Crippen molar-refractivity contribution in [2.24, 2.45) is 0 Å².